The summed E-state index contributed by atoms with van der Waals surface area (Å²) in [5, 5.41) is 11.3. The highest BCUT2D eigenvalue weighted by Crippen LogP contribution is 2.23. The van der Waals surface area contributed by atoms with E-state index in [1.807, 2.05) is 6.07 Å². The zero-order valence-corrected chi connectivity index (χ0v) is 13.7. The van der Waals surface area contributed by atoms with Crippen LogP contribution in [0.1, 0.15) is 19.5 Å². The summed E-state index contributed by atoms with van der Waals surface area (Å²) in [4.78, 5) is 26.5. The van der Waals surface area contributed by atoms with Crippen molar-refractivity contribution in [2.75, 3.05) is 5.32 Å². The van der Waals surface area contributed by atoms with E-state index in [1.54, 1.807) is 12.1 Å². The summed E-state index contributed by atoms with van der Waals surface area (Å²) >= 11 is 6.37. The molecular formula is C11H6BrIN2O3S. The first-order valence-corrected chi connectivity index (χ1v) is 7.61. The Labute approximate surface area is 134 Å². The molecule has 0 fully saturated rings. The number of aromatic carboxylic acids is 1. The monoisotopic (exact) mass is 452 g/mol. The van der Waals surface area contributed by atoms with Crippen molar-refractivity contribution in [3.63, 3.8) is 0 Å². The van der Waals surface area contributed by atoms with Gasteiger partial charge in [-0.2, -0.15) is 0 Å². The van der Waals surface area contributed by atoms with Gasteiger partial charge in [-0.3, -0.25) is 4.79 Å². The quantitative estimate of drug-likeness (QED) is 0.699. The molecule has 0 aliphatic carbocycles. The van der Waals surface area contributed by atoms with Crippen LogP contribution in [-0.2, 0) is 0 Å². The third kappa shape index (κ3) is 3.51. The Balaban J connectivity index is 2.15. The molecule has 2 aromatic rings. The number of thiazole rings is 1. The number of halogens is 2. The van der Waals surface area contributed by atoms with E-state index in [0.29, 0.717) is 5.69 Å². The number of nitrogens with zero attached hydrogens (tertiary/aromatic N) is 1. The van der Waals surface area contributed by atoms with E-state index in [9.17, 15) is 9.59 Å². The van der Waals surface area contributed by atoms with Crippen molar-refractivity contribution >= 4 is 67.4 Å². The molecule has 5 nitrogen and oxygen atoms in total. The molecule has 0 aliphatic rings. The molecule has 1 amide bonds. The van der Waals surface area contributed by atoms with Crippen molar-refractivity contribution in [1.82, 2.24) is 4.98 Å². The minimum Gasteiger partial charge on any atom is -0.476 e. The van der Waals surface area contributed by atoms with Gasteiger partial charge in [0.2, 0.25) is 5.01 Å². The molecule has 0 saturated carbocycles. The first kappa shape index (κ1) is 14.4. The Morgan fingerprint density at radius 1 is 1.42 bits per heavy atom. The average Bonchev–Trinajstić information content (AvgIpc) is 2.83. The summed E-state index contributed by atoms with van der Waals surface area (Å²) in [5.74, 6) is -1.51. The minimum atomic E-state index is -1.14. The fourth-order valence-corrected chi connectivity index (χ4v) is 2.61. The van der Waals surface area contributed by atoms with Gasteiger partial charge in [-0.15, -0.1) is 11.3 Å². The molecule has 1 aromatic carbocycles. The minimum absolute atomic E-state index is 0.103. The molecule has 1 heterocycles. The predicted molar refractivity (Wildman–Crippen MR) is 83.9 cm³/mol. The molecule has 0 atom stereocenters. The van der Waals surface area contributed by atoms with Gasteiger partial charge in [-0.05, 0) is 56.7 Å². The maximum Gasteiger partial charge on any atom is 0.365 e. The van der Waals surface area contributed by atoms with Gasteiger partial charge in [0.15, 0.2) is 0 Å². The zero-order chi connectivity index (χ0) is 14.0. The number of anilines is 1. The Kier molecular flexibility index (Phi) is 4.53. The number of hydrogen-bond donors (Lipinski definition) is 2. The number of carbonyl (C=O) groups excluding carboxylic acids is 1. The lowest BCUT2D eigenvalue weighted by atomic mass is 10.3. The van der Waals surface area contributed by atoms with Crippen LogP contribution >= 0.6 is 49.9 Å². The molecule has 2 rings (SSSR count). The van der Waals surface area contributed by atoms with Crippen LogP contribution in [0.15, 0.2) is 28.9 Å². The van der Waals surface area contributed by atoms with Gasteiger partial charge in [0, 0.05) is 13.7 Å². The Morgan fingerprint density at radius 3 is 2.74 bits per heavy atom. The van der Waals surface area contributed by atoms with Gasteiger partial charge in [-0.25, -0.2) is 9.78 Å². The highest BCUT2D eigenvalue weighted by atomic mass is 127. The zero-order valence-electron chi connectivity index (χ0n) is 9.18. The molecule has 0 saturated heterocycles. The standard InChI is InChI=1S/C11H6BrIN2O3S/c12-6-3-5(1-2-7(6)13)15-9(16)8-4-14-10(19-8)11(17)18/h1-4H,(H,15,16)(H,17,18). The number of amides is 1. The predicted octanol–water partition coefficient (Wildman–Crippen LogP) is 3.46. The first-order valence-electron chi connectivity index (χ1n) is 4.93. The van der Waals surface area contributed by atoms with Crippen LogP contribution in [0.3, 0.4) is 0 Å². The van der Waals surface area contributed by atoms with Crippen LogP contribution in [0.4, 0.5) is 5.69 Å². The normalized spacial score (nSPS) is 10.2. The summed E-state index contributed by atoms with van der Waals surface area (Å²) in [6.45, 7) is 0. The molecule has 2 N–H and O–H groups in total. The molecule has 0 spiro atoms. The summed E-state index contributed by atoms with van der Waals surface area (Å²) in [7, 11) is 0. The summed E-state index contributed by atoms with van der Waals surface area (Å²) < 4.78 is 1.91. The number of carboxylic acid groups (broad SMARTS) is 1. The molecule has 0 aliphatic heterocycles. The summed E-state index contributed by atoms with van der Waals surface area (Å²) in [5.41, 5.74) is 0.627. The number of rotatable bonds is 3. The van der Waals surface area contributed by atoms with Crippen LogP contribution in [0.5, 0.6) is 0 Å². The molecule has 0 radical (unpaired) electrons. The topological polar surface area (TPSA) is 79.3 Å². The lowest BCUT2D eigenvalue weighted by Crippen LogP contribution is -2.10. The van der Waals surface area contributed by atoms with Gasteiger partial charge in [-0.1, -0.05) is 0 Å². The largest absolute Gasteiger partial charge is 0.476 e. The third-order valence-electron chi connectivity index (χ3n) is 2.09. The maximum absolute atomic E-state index is 11.9. The number of nitrogens with one attached hydrogen (secondary N) is 1. The molecule has 1 aromatic heterocycles. The van der Waals surface area contributed by atoms with E-state index in [-0.39, 0.29) is 15.8 Å². The lowest BCUT2D eigenvalue weighted by Gasteiger charge is -2.04. The van der Waals surface area contributed by atoms with Crippen LogP contribution in [-0.4, -0.2) is 22.0 Å². The summed E-state index contributed by atoms with van der Waals surface area (Å²) in [6.07, 6.45) is 1.26. The van der Waals surface area contributed by atoms with E-state index < -0.39 is 5.97 Å². The number of carboxylic acids is 1. The van der Waals surface area contributed by atoms with Gasteiger partial charge >= 0.3 is 5.97 Å². The molecule has 19 heavy (non-hydrogen) atoms. The highest BCUT2D eigenvalue weighted by molar-refractivity contribution is 14.1. The van der Waals surface area contributed by atoms with Crippen LogP contribution in [0, 0.1) is 3.57 Å². The van der Waals surface area contributed by atoms with Crippen molar-refractivity contribution in [2.45, 2.75) is 0 Å². The molecule has 0 bridgehead atoms. The van der Waals surface area contributed by atoms with Crippen LogP contribution in [0.25, 0.3) is 0 Å². The Hall–Kier alpha value is -1.00. The Bertz CT molecular complexity index is 659. The second-order valence-electron chi connectivity index (χ2n) is 3.42. The average molecular weight is 453 g/mol. The van der Waals surface area contributed by atoms with Crippen LogP contribution < -0.4 is 5.32 Å². The molecule has 8 heteroatoms. The SMILES string of the molecule is O=C(Nc1ccc(I)c(Br)c1)c1cnc(C(=O)O)s1. The van der Waals surface area contributed by atoms with Crippen molar-refractivity contribution in [3.8, 4) is 0 Å². The van der Waals surface area contributed by atoms with Crippen LogP contribution in [0.2, 0.25) is 0 Å². The van der Waals surface area contributed by atoms with E-state index in [0.717, 1.165) is 19.4 Å². The second kappa shape index (κ2) is 5.97. The number of hydrogen-bond acceptors (Lipinski definition) is 4. The third-order valence-corrected chi connectivity index (χ3v) is 5.41. The maximum atomic E-state index is 11.9. The van der Waals surface area contributed by atoms with Crippen molar-refractivity contribution < 1.29 is 14.7 Å². The fourth-order valence-electron chi connectivity index (χ4n) is 1.24. The fraction of sp³-hybridized carbons (Fsp3) is 0. The van der Waals surface area contributed by atoms with Gasteiger partial charge in [0.25, 0.3) is 5.91 Å². The number of aromatic nitrogens is 1. The molecule has 0 unspecified atom stereocenters. The Morgan fingerprint density at radius 2 is 2.16 bits per heavy atom. The van der Waals surface area contributed by atoms with Gasteiger partial charge < -0.3 is 10.4 Å². The molecule has 98 valence electrons. The van der Waals surface area contributed by atoms with Crippen molar-refractivity contribution in [2.24, 2.45) is 0 Å². The number of benzene rings is 1. The highest BCUT2D eigenvalue weighted by Gasteiger charge is 2.14. The van der Waals surface area contributed by atoms with Gasteiger partial charge in [0.05, 0.1) is 6.20 Å². The van der Waals surface area contributed by atoms with Crippen molar-refractivity contribution in [1.29, 1.82) is 0 Å². The van der Waals surface area contributed by atoms with E-state index in [2.05, 4.69) is 48.8 Å². The molecular weight excluding hydrogens is 447 g/mol. The van der Waals surface area contributed by atoms with Crippen molar-refractivity contribution in [3.05, 3.63) is 42.3 Å². The van der Waals surface area contributed by atoms with E-state index >= 15 is 0 Å². The van der Waals surface area contributed by atoms with E-state index in [1.165, 1.54) is 6.20 Å². The number of carbonyl (C=O) groups is 2. The lowest BCUT2D eigenvalue weighted by molar-refractivity contribution is 0.0696. The van der Waals surface area contributed by atoms with E-state index in [4.69, 9.17) is 5.11 Å². The second-order valence-corrected chi connectivity index (χ2v) is 6.47. The van der Waals surface area contributed by atoms with Gasteiger partial charge in [0.1, 0.15) is 4.88 Å². The smallest absolute Gasteiger partial charge is 0.365 e. The summed E-state index contributed by atoms with van der Waals surface area (Å²) in [6, 6.07) is 5.40. The first-order chi connectivity index (χ1) is 8.97.